The Hall–Kier alpha value is -1.16. The van der Waals surface area contributed by atoms with Crippen molar-refractivity contribution in [3.05, 3.63) is 41.3 Å². The Bertz CT molecular complexity index is 464. The van der Waals surface area contributed by atoms with Crippen molar-refractivity contribution in [2.75, 3.05) is 0 Å². The van der Waals surface area contributed by atoms with Gasteiger partial charge in [-0.3, -0.25) is 0 Å². The smallest absolute Gasteiger partial charge is 0.170 e. The molecule has 1 aromatic heterocycles. The van der Waals surface area contributed by atoms with Crippen LogP contribution in [0.4, 0.5) is 4.39 Å². The van der Waals surface area contributed by atoms with E-state index in [0.717, 1.165) is 16.8 Å². The maximum absolute atomic E-state index is 12.7. The van der Waals surface area contributed by atoms with Crippen LogP contribution in [0.2, 0.25) is 0 Å². The summed E-state index contributed by atoms with van der Waals surface area (Å²) in [6.07, 6.45) is 0. The molecule has 0 spiro atoms. The largest absolute Gasteiger partial charge is 0.356 e. The predicted molar refractivity (Wildman–Crippen MR) is 59.3 cm³/mol. The zero-order valence-corrected chi connectivity index (χ0v) is 9.71. The van der Waals surface area contributed by atoms with Gasteiger partial charge >= 0.3 is 0 Å². The van der Waals surface area contributed by atoms with E-state index in [4.69, 9.17) is 4.52 Å². The molecular formula is C11H9BrFNO. The van der Waals surface area contributed by atoms with Crippen molar-refractivity contribution in [3.63, 3.8) is 0 Å². The van der Waals surface area contributed by atoms with Gasteiger partial charge in [-0.2, -0.15) is 0 Å². The third kappa shape index (κ3) is 1.95. The Balaban J connectivity index is 2.45. The molecule has 0 aliphatic heterocycles. The predicted octanol–water partition coefficient (Wildman–Crippen LogP) is 3.68. The topological polar surface area (TPSA) is 26.0 Å². The first kappa shape index (κ1) is 10.4. The minimum absolute atomic E-state index is 0.253. The number of rotatable bonds is 2. The minimum Gasteiger partial charge on any atom is -0.356 e. The Morgan fingerprint density at radius 3 is 2.53 bits per heavy atom. The molecule has 1 aromatic carbocycles. The lowest BCUT2D eigenvalue weighted by Crippen LogP contribution is -1.82. The van der Waals surface area contributed by atoms with Crippen molar-refractivity contribution in [2.45, 2.75) is 12.3 Å². The molecule has 0 saturated heterocycles. The maximum Gasteiger partial charge on any atom is 0.170 e. The summed E-state index contributed by atoms with van der Waals surface area (Å²) in [5, 5.41) is 4.57. The van der Waals surface area contributed by atoms with Crippen molar-refractivity contribution in [3.8, 4) is 11.3 Å². The zero-order valence-electron chi connectivity index (χ0n) is 8.13. The molecule has 0 N–H and O–H groups in total. The molecule has 0 aliphatic rings. The molecule has 0 saturated carbocycles. The highest BCUT2D eigenvalue weighted by Crippen LogP contribution is 2.26. The van der Waals surface area contributed by atoms with Gasteiger partial charge < -0.3 is 4.52 Å². The van der Waals surface area contributed by atoms with Crippen LogP contribution in [-0.2, 0) is 5.33 Å². The molecule has 1 heterocycles. The lowest BCUT2D eigenvalue weighted by molar-refractivity contribution is 0.426. The number of nitrogens with zero attached hydrogens (tertiary/aromatic N) is 1. The van der Waals surface area contributed by atoms with E-state index in [1.807, 2.05) is 6.92 Å². The third-order valence-electron chi connectivity index (χ3n) is 2.25. The summed E-state index contributed by atoms with van der Waals surface area (Å²) >= 11 is 3.32. The zero-order chi connectivity index (χ0) is 10.8. The Morgan fingerprint density at radius 1 is 1.33 bits per heavy atom. The van der Waals surface area contributed by atoms with Crippen LogP contribution in [-0.4, -0.2) is 5.16 Å². The first-order chi connectivity index (χ1) is 7.22. The molecule has 0 unspecified atom stereocenters. The molecule has 0 radical (unpaired) electrons. The summed E-state index contributed by atoms with van der Waals surface area (Å²) in [4.78, 5) is 0. The fraction of sp³-hybridized carbons (Fsp3) is 0.182. The van der Waals surface area contributed by atoms with E-state index in [0.29, 0.717) is 11.1 Å². The monoisotopic (exact) mass is 269 g/mol. The molecule has 2 nitrogen and oxygen atoms in total. The fourth-order valence-electron chi connectivity index (χ4n) is 1.36. The van der Waals surface area contributed by atoms with Crippen LogP contribution in [0, 0.1) is 12.7 Å². The van der Waals surface area contributed by atoms with Gasteiger partial charge in [-0.25, -0.2) is 4.39 Å². The number of halogens is 2. The van der Waals surface area contributed by atoms with Gasteiger partial charge in [-0.05, 0) is 31.2 Å². The summed E-state index contributed by atoms with van der Waals surface area (Å²) in [7, 11) is 0. The third-order valence-corrected chi connectivity index (χ3v) is 2.78. The summed E-state index contributed by atoms with van der Waals surface area (Å²) in [5.41, 5.74) is 2.70. The van der Waals surface area contributed by atoms with Gasteiger partial charge in [0.15, 0.2) is 5.76 Å². The summed E-state index contributed by atoms with van der Waals surface area (Å²) < 4.78 is 17.9. The summed E-state index contributed by atoms with van der Waals surface area (Å²) in [6.45, 7) is 1.94. The van der Waals surface area contributed by atoms with Gasteiger partial charge in [0.2, 0.25) is 0 Å². The average molecular weight is 270 g/mol. The number of benzene rings is 1. The quantitative estimate of drug-likeness (QED) is 0.778. The molecule has 4 heteroatoms. The highest BCUT2D eigenvalue weighted by Gasteiger charge is 2.12. The molecular weight excluding hydrogens is 261 g/mol. The normalized spacial score (nSPS) is 10.6. The minimum atomic E-state index is -0.253. The second-order valence-corrected chi connectivity index (χ2v) is 3.78. The Kier molecular flexibility index (Phi) is 2.86. The van der Waals surface area contributed by atoms with Gasteiger partial charge in [0.05, 0.1) is 5.69 Å². The first-order valence-corrected chi connectivity index (χ1v) is 5.61. The lowest BCUT2D eigenvalue weighted by Gasteiger charge is -1.96. The number of hydrogen-bond acceptors (Lipinski definition) is 2. The first-order valence-electron chi connectivity index (χ1n) is 4.49. The summed E-state index contributed by atoms with van der Waals surface area (Å²) in [6, 6.07) is 6.18. The van der Waals surface area contributed by atoms with E-state index in [1.165, 1.54) is 12.1 Å². The number of hydrogen-bond donors (Lipinski definition) is 0. The fourth-order valence-corrected chi connectivity index (χ4v) is 1.89. The Labute approximate surface area is 95.2 Å². The maximum atomic E-state index is 12.7. The van der Waals surface area contributed by atoms with Gasteiger partial charge in [0.25, 0.3) is 0 Å². The highest BCUT2D eigenvalue weighted by molar-refractivity contribution is 9.08. The van der Waals surface area contributed by atoms with Crippen LogP contribution in [0.25, 0.3) is 11.3 Å². The molecule has 0 amide bonds. The Morgan fingerprint density at radius 2 is 2.00 bits per heavy atom. The second-order valence-electron chi connectivity index (χ2n) is 3.22. The van der Waals surface area contributed by atoms with Gasteiger partial charge in [0.1, 0.15) is 5.82 Å². The van der Waals surface area contributed by atoms with E-state index in [-0.39, 0.29) is 5.82 Å². The molecule has 0 bridgehead atoms. The molecule has 78 valence electrons. The van der Waals surface area contributed by atoms with Crippen molar-refractivity contribution < 1.29 is 8.91 Å². The van der Waals surface area contributed by atoms with E-state index in [1.54, 1.807) is 12.1 Å². The van der Waals surface area contributed by atoms with E-state index < -0.39 is 0 Å². The molecule has 0 fully saturated rings. The van der Waals surface area contributed by atoms with Crippen molar-refractivity contribution >= 4 is 15.9 Å². The second kappa shape index (κ2) is 4.14. The van der Waals surface area contributed by atoms with E-state index >= 15 is 0 Å². The SMILES string of the molecule is Cc1c(CBr)noc1-c1ccc(F)cc1. The lowest BCUT2D eigenvalue weighted by atomic mass is 10.1. The van der Waals surface area contributed by atoms with Gasteiger partial charge in [-0.1, -0.05) is 21.1 Å². The van der Waals surface area contributed by atoms with Crippen LogP contribution in [0.5, 0.6) is 0 Å². The molecule has 2 aromatic rings. The van der Waals surface area contributed by atoms with Crippen LogP contribution in [0.1, 0.15) is 11.3 Å². The number of aromatic nitrogens is 1. The molecule has 15 heavy (non-hydrogen) atoms. The average Bonchev–Trinajstić information content (AvgIpc) is 2.61. The molecule has 2 rings (SSSR count). The number of alkyl halides is 1. The van der Waals surface area contributed by atoms with Crippen LogP contribution >= 0.6 is 15.9 Å². The van der Waals surface area contributed by atoms with Crippen LogP contribution in [0.3, 0.4) is 0 Å². The van der Waals surface area contributed by atoms with Crippen LogP contribution in [0.15, 0.2) is 28.8 Å². The van der Waals surface area contributed by atoms with Gasteiger partial charge in [-0.15, -0.1) is 0 Å². The van der Waals surface area contributed by atoms with Crippen molar-refractivity contribution in [2.24, 2.45) is 0 Å². The van der Waals surface area contributed by atoms with E-state index in [2.05, 4.69) is 21.1 Å². The van der Waals surface area contributed by atoms with Gasteiger partial charge in [0, 0.05) is 16.5 Å². The standard InChI is InChI=1S/C11H9BrFNO/c1-7-10(6-12)14-15-11(7)8-2-4-9(13)5-3-8/h2-5H,6H2,1H3. The van der Waals surface area contributed by atoms with Crippen molar-refractivity contribution in [1.82, 2.24) is 5.16 Å². The molecule has 0 atom stereocenters. The highest BCUT2D eigenvalue weighted by atomic mass is 79.9. The summed E-state index contributed by atoms with van der Waals surface area (Å²) in [5.74, 6) is 0.445. The van der Waals surface area contributed by atoms with E-state index in [9.17, 15) is 4.39 Å². The molecule has 0 aliphatic carbocycles. The van der Waals surface area contributed by atoms with Crippen molar-refractivity contribution in [1.29, 1.82) is 0 Å². The van der Waals surface area contributed by atoms with Crippen LogP contribution < -0.4 is 0 Å².